The molecule has 0 aromatic heterocycles. The highest BCUT2D eigenvalue weighted by molar-refractivity contribution is 5.83. The highest BCUT2D eigenvalue weighted by Crippen LogP contribution is 2.32. The van der Waals surface area contributed by atoms with Crippen molar-refractivity contribution in [2.45, 2.75) is 53.4 Å². The molecule has 4 nitrogen and oxygen atoms in total. The van der Waals surface area contributed by atoms with Crippen molar-refractivity contribution in [2.75, 3.05) is 32.8 Å². The van der Waals surface area contributed by atoms with E-state index >= 15 is 0 Å². The van der Waals surface area contributed by atoms with E-state index in [1.54, 1.807) is 0 Å². The number of amides is 1. The Morgan fingerprint density at radius 3 is 1.95 bits per heavy atom. The predicted molar refractivity (Wildman–Crippen MR) is 87.0 cm³/mol. The average Bonchev–Trinajstić information content (AvgIpc) is 2.47. The van der Waals surface area contributed by atoms with E-state index in [1.807, 2.05) is 0 Å². The number of hydrogen-bond acceptors (Lipinski definition) is 3. The lowest BCUT2D eigenvalue weighted by atomic mass is 9.78. The Hall–Kier alpha value is -0.610. The predicted octanol–water partition coefficient (Wildman–Crippen LogP) is 2.66. The molecule has 1 aliphatic heterocycles. The molecule has 0 aromatic rings. The SMILES string of the molecule is CC(C)CCN(CCC(C)C)C(=O)C1(CN)CCOCC1. The fraction of sp³-hybridized carbons (Fsp3) is 0.941. The number of carbonyl (C=O) groups is 1. The maximum absolute atomic E-state index is 13.1. The first kappa shape index (κ1) is 18.4. The minimum atomic E-state index is -0.383. The summed E-state index contributed by atoms with van der Waals surface area (Å²) in [4.78, 5) is 15.1. The summed E-state index contributed by atoms with van der Waals surface area (Å²) in [6.45, 7) is 12.3. The zero-order valence-corrected chi connectivity index (χ0v) is 14.4. The lowest BCUT2D eigenvalue weighted by Gasteiger charge is -2.39. The largest absolute Gasteiger partial charge is 0.381 e. The second-order valence-corrected chi connectivity index (χ2v) is 7.25. The Kier molecular flexibility index (Phi) is 7.67. The Morgan fingerprint density at radius 1 is 1.10 bits per heavy atom. The quantitative estimate of drug-likeness (QED) is 0.749. The van der Waals surface area contributed by atoms with Crippen LogP contribution in [0.15, 0.2) is 0 Å². The summed E-state index contributed by atoms with van der Waals surface area (Å²) in [7, 11) is 0. The number of carbonyl (C=O) groups excluding carboxylic acids is 1. The van der Waals surface area contributed by atoms with Crippen LogP contribution < -0.4 is 5.73 Å². The van der Waals surface area contributed by atoms with Gasteiger partial charge in [0.15, 0.2) is 0 Å². The minimum absolute atomic E-state index is 0.259. The van der Waals surface area contributed by atoms with Crippen LogP contribution in [-0.4, -0.2) is 43.7 Å². The van der Waals surface area contributed by atoms with E-state index in [-0.39, 0.29) is 11.3 Å². The van der Waals surface area contributed by atoms with E-state index in [1.165, 1.54) is 0 Å². The highest BCUT2D eigenvalue weighted by Gasteiger charge is 2.41. The fourth-order valence-corrected chi connectivity index (χ4v) is 2.75. The van der Waals surface area contributed by atoms with Crippen molar-refractivity contribution in [1.82, 2.24) is 4.90 Å². The molecule has 0 saturated carbocycles. The molecule has 0 bridgehead atoms. The van der Waals surface area contributed by atoms with Gasteiger partial charge in [0.2, 0.25) is 5.91 Å². The monoisotopic (exact) mass is 298 g/mol. The molecule has 124 valence electrons. The fourth-order valence-electron chi connectivity index (χ4n) is 2.75. The van der Waals surface area contributed by atoms with Crippen LogP contribution in [0, 0.1) is 17.3 Å². The first-order valence-corrected chi connectivity index (χ1v) is 8.48. The summed E-state index contributed by atoms with van der Waals surface area (Å²) < 4.78 is 5.43. The second kappa shape index (κ2) is 8.74. The van der Waals surface area contributed by atoms with Crippen molar-refractivity contribution < 1.29 is 9.53 Å². The van der Waals surface area contributed by atoms with Gasteiger partial charge in [-0.2, -0.15) is 0 Å². The molecule has 1 aliphatic rings. The smallest absolute Gasteiger partial charge is 0.230 e. The minimum Gasteiger partial charge on any atom is -0.381 e. The maximum atomic E-state index is 13.1. The van der Waals surface area contributed by atoms with Gasteiger partial charge in [-0.15, -0.1) is 0 Å². The van der Waals surface area contributed by atoms with E-state index in [2.05, 4.69) is 32.6 Å². The van der Waals surface area contributed by atoms with Crippen LogP contribution in [0.25, 0.3) is 0 Å². The van der Waals surface area contributed by atoms with Crippen molar-refractivity contribution in [3.05, 3.63) is 0 Å². The van der Waals surface area contributed by atoms with E-state index in [0.717, 1.165) is 38.8 Å². The van der Waals surface area contributed by atoms with Crippen molar-refractivity contribution in [1.29, 1.82) is 0 Å². The second-order valence-electron chi connectivity index (χ2n) is 7.25. The van der Waals surface area contributed by atoms with Crippen molar-refractivity contribution in [2.24, 2.45) is 23.0 Å². The van der Waals surface area contributed by atoms with Crippen LogP contribution in [-0.2, 0) is 9.53 Å². The molecule has 1 rings (SSSR count). The van der Waals surface area contributed by atoms with Crippen LogP contribution in [0.5, 0.6) is 0 Å². The Labute approximate surface area is 130 Å². The van der Waals surface area contributed by atoms with E-state index in [0.29, 0.717) is 31.6 Å². The molecular weight excluding hydrogens is 264 g/mol. The van der Waals surface area contributed by atoms with Crippen LogP contribution in [0.2, 0.25) is 0 Å². The standard InChI is InChI=1S/C17H34N2O2/c1-14(2)5-9-19(10-6-15(3)4)16(20)17(13-18)7-11-21-12-8-17/h14-15H,5-13,18H2,1-4H3. The van der Waals surface area contributed by atoms with Gasteiger partial charge in [0, 0.05) is 32.8 Å². The van der Waals surface area contributed by atoms with Gasteiger partial charge in [-0.1, -0.05) is 27.7 Å². The van der Waals surface area contributed by atoms with Gasteiger partial charge in [-0.3, -0.25) is 4.79 Å². The summed E-state index contributed by atoms with van der Waals surface area (Å²) >= 11 is 0. The van der Waals surface area contributed by atoms with Crippen molar-refractivity contribution in [3.63, 3.8) is 0 Å². The molecule has 1 amide bonds. The molecule has 0 aromatic carbocycles. The number of hydrogen-bond donors (Lipinski definition) is 1. The Balaban J connectivity index is 2.75. The maximum Gasteiger partial charge on any atom is 0.230 e. The third-order valence-corrected chi connectivity index (χ3v) is 4.53. The molecule has 0 atom stereocenters. The normalized spacial score (nSPS) is 18.2. The Bertz CT molecular complexity index is 298. The molecule has 21 heavy (non-hydrogen) atoms. The van der Waals surface area contributed by atoms with Gasteiger partial charge in [-0.05, 0) is 37.5 Å². The molecule has 4 heteroatoms. The van der Waals surface area contributed by atoms with Crippen molar-refractivity contribution >= 4 is 5.91 Å². The molecule has 2 N–H and O–H groups in total. The summed E-state index contributed by atoms with van der Waals surface area (Å²) in [6.07, 6.45) is 3.65. The lowest BCUT2D eigenvalue weighted by molar-refractivity contribution is -0.147. The molecule has 1 fully saturated rings. The van der Waals surface area contributed by atoms with Gasteiger partial charge in [-0.25, -0.2) is 0 Å². The first-order valence-electron chi connectivity index (χ1n) is 8.48. The van der Waals surface area contributed by atoms with Crippen molar-refractivity contribution in [3.8, 4) is 0 Å². The molecule has 0 aliphatic carbocycles. The van der Waals surface area contributed by atoms with Crippen LogP contribution >= 0.6 is 0 Å². The summed E-state index contributed by atoms with van der Waals surface area (Å²) in [6, 6.07) is 0. The third kappa shape index (κ3) is 5.59. The molecular formula is C17H34N2O2. The molecule has 0 spiro atoms. The van der Waals surface area contributed by atoms with E-state index < -0.39 is 0 Å². The van der Waals surface area contributed by atoms with Crippen LogP contribution in [0.1, 0.15) is 53.4 Å². The van der Waals surface area contributed by atoms with Crippen LogP contribution in [0.3, 0.4) is 0 Å². The van der Waals surface area contributed by atoms with Gasteiger partial charge < -0.3 is 15.4 Å². The zero-order valence-electron chi connectivity index (χ0n) is 14.4. The molecule has 1 heterocycles. The summed E-state index contributed by atoms with van der Waals surface area (Å²) in [5, 5.41) is 0. The number of ether oxygens (including phenoxy) is 1. The first-order chi connectivity index (χ1) is 9.91. The molecule has 0 radical (unpaired) electrons. The van der Waals surface area contributed by atoms with Gasteiger partial charge in [0.25, 0.3) is 0 Å². The zero-order chi connectivity index (χ0) is 15.9. The van der Waals surface area contributed by atoms with E-state index in [9.17, 15) is 4.79 Å². The van der Waals surface area contributed by atoms with Crippen LogP contribution in [0.4, 0.5) is 0 Å². The van der Waals surface area contributed by atoms with E-state index in [4.69, 9.17) is 10.5 Å². The number of nitrogens with two attached hydrogens (primary N) is 1. The summed E-state index contributed by atoms with van der Waals surface area (Å²) in [5.41, 5.74) is 5.60. The number of nitrogens with zero attached hydrogens (tertiary/aromatic N) is 1. The molecule has 0 unspecified atom stereocenters. The Morgan fingerprint density at radius 2 is 1.57 bits per heavy atom. The van der Waals surface area contributed by atoms with Gasteiger partial charge in [0.1, 0.15) is 0 Å². The number of rotatable bonds is 8. The highest BCUT2D eigenvalue weighted by atomic mass is 16.5. The average molecular weight is 298 g/mol. The third-order valence-electron chi connectivity index (χ3n) is 4.53. The lowest BCUT2D eigenvalue weighted by Crippen LogP contribution is -2.51. The van der Waals surface area contributed by atoms with Gasteiger partial charge >= 0.3 is 0 Å². The summed E-state index contributed by atoms with van der Waals surface area (Å²) in [5.74, 6) is 1.49. The van der Waals surface area contributed by atoms with Gasteiger partial charge in [0.05, 0.1) is 5.41 Å². The molecule has 1 saturated heterocycles. The topological polar surface area (TPSA) is 55.6 Å².